The van der Waals surface area contributed by atoms with E-state index in [0.29, 0.717) is 5.28 Å². The zero-order chi connectivity index (χ0) is 13.4. The molecule has 0 fully saturated rings. The molecular formula is C16H15ClN2. The van der Waals surface area contributed by atoms with Crippen LogP contribution in [-0.4, -0.2) is 9.55 Å². The van der Waals surface area contributed by atoms with Crippen LogP contribution in [0.1, 0.15) is 12.5 Å². The molecule has 0 spiro atoms. The van der Waals surface area contributed by atoms with E-state index >= 15 is 0 Å². The third kappa shape index (κ3) is 1.92. The lowest BCUT2D eigenvalue weighted by atomic mass is 9.97. The maximum atomic E-state index is 6.14. The van der Waals surface area contributed by atoms with Gasteiger partial charge < -0.3 is 4.57 Å². The summed E-state index contributed by atoms with van der Waals surface area (Å²) < 4.78 is 1.94. The number of halogens is 1. The largest absolute Gasteiger partial charge is 0.317 e. The second-order valence-electron chi connectivity index (χ2n) is 4.62. The molecule has 0 aliphatic carbocycles. The van der Waals surface area contributed by atoms with E-state index in [9.17, 15) is 0 Å². The molecule has 3 rings (SSSR count). The minimum absolute atomic E-state index is 0.524. The number of hydrogen-bond donors (Lipinski definition) is 0. The first-order chi connectivity index (χ1) is 9.22. The Kier molecular flexibility index (Phi) is 3.03. The molecule has 0 radical (unpaired) electrons. The number of nitrogens with zero attached hydrogens (tertiary/aromatic N) is 2. The fourth-order valence-corrected chi connectivity index (χ4v) is 2.72. The number of imidazole rings is 1. The molecule has 1 heterocycles. The molecule has 96 valence electrons. The maximum Gasteiger partial charge on any atom is 0.203 e. The molecule has 1 aromatic heterocycles. The summed E-state index contributed by atoms with van der Waals surface area (Å²) in [6.07, 6.45) is 1.01. The Labute approximate surface area is 117 Å². The van der Waals surface area contributed by atoms with E-state index in [4.69, 9.17) is 11.6 Å². The van der Waals surface area contributed by atoms with Crippen LogP contribution in [0.25, 0.3) is 22.2 Å². The molecule has 0 saturated carbocycles. The number of fused-ring (bicyclic) bond motifs is 1. The SMILES string of the molecule is CCc1ccccc1-c1cccc2nc(Cl)n(C)c12. The molecular weight excluding hydrogens is 256 g/mol. The monoisotopic (exact) mass is 270 g/mol. The quantitative estimate of drug-likeness (QED) is 0.672. The van der Waals surface area contributed by atoms with E-state index in [1.54, 1.807) is 0 Å². The number of rotatable bonds is 2. The first-order valence-electron chi connectivity index (χ1n) is 6.41. The molecule has 0 unspecified atom stereocenters. The van der Waals surface area contributed by atoms with Crippen LogP contribution in [0.3, 0.4) is 0 Å². The standard InChI is InChI=1S/C16H15ClN2/c1-3-11-7-4-5-8-12(11)13-9-6-10-14-15(13)19(2)16(17)18-14/h4-10H,3H2,1-2H3. The van der Waals surface area contributed by atoms with E-state index in [1.165, 1.54) is 16.7 Å². The normalized spacial score (nSPS) is 11.1. The highest BCUT2D eigenvalue weighted by Gasteiger charge is 2.12. The van der Waals surface area contributed by atoms with Crippen LogP contribution < -0.4 is 0 Å². The Morgan fingerprint density at radius 1 is 1.05 bits per heavy atom. The minimum atomic E-state index is 0.524. The molecule has 19 heavy (non-hydrogen) atoms. The summed E-state index contributed by atoms with van der Waals surface area (Å²) in [5, 5.41) is 0.524. The molecule has 0 aliphatic heterocycles. The summed E-state index contributed by atoms with van der Waals surface area (Å²) in [4.78, 5) is 4.38. The second-order valence-corrected chi connectivity index (χ2v) is 4.96. The van der Waals surface area contributed by atoms with Gasteiger partial charge in [0.25, 0.3) is 0 Å². The molecule has 2 nitrogen and oxygen atoms in total. The topological polar surface area (TPSA) is 17.8 Å². The van der Waals surface area contributed by atoms with Crippen LogP contribution in [0.5, 0.6) is 0 Å². The van der Waals surface area contributed by atoms with Crippen molar-refractivity contribution >= 4 is 22.6 Å². The average molecular weight is 271 g/mol. The van der Waals surface area contributed by atoms with E-state index in [-0.39, 0.29) is 0 Å². The van der Waals surface area contributed by atoms with Gasteiger partial charge in [-0.1, -0.05) is 43.3 Å². The molecule has 3 heteroatoms. The van der Waals surface area contributed by atoms with Gasteiger partial charge in [-0.25, -0.2) is 4.98 Å². The van der Waals surface area contributed by atoms with Crippen molar-refractivity contribution in [3.63, 3.8) is 0 Å². The average Bonchev–Trinajstić information content (AvgIpc) is 2.74. The van der Waals surface area contributed by atoms with Crippen molar-refractivity contribution < 1.29 is 0 Å². The van der Waals surface area contributed by atoms with Gasteiger partial charge in [0.2, 0.25) is 5.28 Å². The zero-order valence-corrected chi connectivity index (χ0v) is 11.8. The number of benzene rings is 2. The Morgan fingerprint density at radius 2 is 1.79 bits per heavy atom. The van der Waals surface area contributed by atoms with Crippen molar-refractivity contribution in [2.24, 2.45) is 7.05 Å². The summed E-state index contributed by atoms with van der Waals surface area (Å²) in [7, 11) is 1.95. The second kappa shape index (κ2) is 4.71. The van der Waals surface area contributed by atoms with E-state index in [0.717, 1.165) is 17.5 Å². The van der Waals surface area contributed by atoms with Gasteiger partial charge in [0.05, 0.1) is 11.0 Å². The van der Waals surface area contributed by atoms with Crippen molar-refractivity contribution in [3.8, 4) is 11.1 Å². The predicted molar refractivity (Wildman–Crippen MR) is 80.5 cm³/mol. The fraction of sp³-hybridized carbons (Fsp3) is 0.188. The summed E-state index contributed by atoms with van der Waals surface area (Å²) in [5.41, 5.74) is 5.82. The van der Waals surface area contributed by atoms with Crippen LogP contribution in [0, 0.1) is 0 Å². The third-order valence-corrected chi connectivity index (χ3v) is 3.87. The molecule has 3 aromatic rings. The van der Waals surface area contributed by atoms with Crippen molar-refractivity contribution in [2.75, 3.05) is 0 Å². The minimum Gasteiger partial charge on any atom is -0.317 e. The molecule has 0 aliphatic rings. The first-order valence-corrected chi connectivity index (χ1v) is 6.79. The van der Waals surface area contributed by atoms with Crippen molar-refractivity contribution in [3.05, 3.63) is 53.3 Å². The van der Waals surface area contributed by atoms with Gasteiger partial charge in [-0.3, -0.25) is 0 Å². The summed E-state index contributed by atoms with van der Waals surface area (Å²) in [5.74, 6) is 0. The fourth-order valence-electron chi connectivity index (χ4n) is 2.55. The Bertz CT molecular complexity index is 744. The van der Waals surface area contributed by atoms with Crippen LogP contribution in [-0.2, 0) is 13.5 Å². The maximum absolute atomic E-state index is 6.14. The highest BCUT2D eigenvalue weighted by Crippen LogP contribution is 2.32. The van der Waals surface area contributed by atoms with Gasteiger partial charge in [-0.05, 0) is 35.2 Å². The number of aromatic nitrogens is 2. The molecule has 0 bridgehead atoms. The van der Waals surface area contributed by atoms with E-state index in [1.807, 2.05) is 23.7 Å². The van der Waals surface area contributed by atoms with Gasteiger partial charge in [0.15, 0.2) is 0 Å². The van der Waals surface area contributed by atoms with Gasteiger partial charge in [-0.15, -0.1) is 0 Å². The Hall–Kier alpha value is -1.80. The molecule has 0 amide bonds. The number of hydrogen-bond acceptors (Lipinski definition) is 1. The van der Waals surface area contributed by atoms with Crippen LogP contribution in [0.2, 0.25) is 5.28 Å². The Morgan fingerprint density at radius 3 is 2.58 bits per heavy atom. The third-order valence-electron chi connectivity index (χ3n) is 3.53. The predicted octanol–water partition coefficient (Wildman–Crippen LogP) is 4.46. The summed E-state index contributed by atoms with van der Waals surface area (Å²) >= 11 is 6.14. The van der Waals surface area contributed by atoms with Gasteiger partial charge in [0, 0.05) is 12.6 Å². The lowest BCUT2D eigenvalue weighted by Crippen LogP contribution is -1.92. The molecule has 0 N–H and O–H groups in total. The molecule has 0 saturated heterocycles. The number of para-hydroxylation sites is 1. The van der Waals surface area contributed by atoms with Crippen LogP contribution in [0.4, 0.5) is 0 Å². The van der Waals surface area contributed by atoms with Crippen molar-refractivity contribution in [1.29, 1.82) is 0 Å². The van der Waals surface area contributed by atoms with Crippen LogP contribution in [0.15, 0.2) is 42.5 Å². The molecule has 2 aromatic carbocycles. The summed E-state index contributed by atoms with van der Waals surface area (Å²) in [6, 6.07) is 14.7. The van der Waals surface area contributed by atoms with Crippen molar-refractivity contribution in [1.82, 2.24) is 9.55 Å². The van der Waals surface area contributed by atoms with E-state index in [2.05, 4.69) is 42.2 Å². The van der Waals surface area contributed by atoms with E-state index < -0.39 is 0 Å². The number of aryl methyl sites for hydroxylation is 2. The van der Waals surface area contributed by atoms with Gasteiger partial charge in [-0.2, -0.15) is 0 Å². The zero-order valence-electron chi connectivity index (χ0n) is 11.0. The highest BCUT2D eigenvalue weighted by atomic mass is 35.5. The van der Waals surface area contributed by atoms with Gasteiger partial charge >= 0.3 is 0 Å². The summed E-state index contributed by atoms with van der Waals surface area (Å²) in [6.45, 7) is 2.18. The Balaban J connectivity index is 2.36. The smallest absolute Gasteiger partial charge is 0.203 e. The first kappa shape index (κ1) is 12.2. The van der Waals surface area contributed by atoms with Gasteiger partial charge in [0.1, 0.15) is 0 Å². The van der Waals surface area contributed by atoms with Crippen molar-refractivity contribution in [2.45, 2.75) is 13.3 Å². The van der Waals surface area contributed by atoms with Crippen LogP contribution >= 0.6 is 11.6 Å². The lowest BCUT2D eigenvalue weighted by Gasteiger charge is -2.10. The molecule has 0 atom stereocenters. The highest BCUT2D eigenvalue weighted by molar-refractivity contribution is 6.29. The lowest BCUT2D eigenvalue weighted by molar-refractivity contribution is 0.949.